The van der Waals surface area contributed by atoms with E-state index in [4.69, 9.17) is 28.2 Å². The van der Waals surface area contributed by atoms with Crippen molar-refractivity contribution in [3.63, 3.8) is 0 Å². The van der Waals surface area contributed by atoms with Gasteiger partial charge in [0.1, 0.15) is 4.90 Å². The van der Waals surface area contributed by atoms with Crippen molar-refractivity contribution in [2.24, 2.45) is 10.9 Å². The predicted octanol–water partition coefficient (Wildman–Crippen LogP) is 2.63. The Labute approximate surface area is 195 Å². The molecule has 0 fully saturated rings. The molecule has 0 saturated heterocycles. The van der Waals surface area contributed by atoms with Gasteiger partial charge in [0.2, 0.25) is 10.0 Å². The average Bonchev–Trinajstić information content (AvgIpc) is 2.74. The first kappa shape index (κ1) is 23.8. The number of carboxylic acids is 1. The van der Waals surface area contributed by atoms with Crippen molar-refractivity contribution in [3.8, 4) is 23.0 Å². The number of benzene rings is 3. The van der Waals surface area contributed by atoms with Crippen LogP contribution in [0.4, 0.5) is 5.69 Å². The maximum absolute atomic E-state index is 12.3. The summed E-state index contributed by atoms with van der Waals surface area (Å²) in [6, 6.07) is 14.6. The Morgan fingerprint density at radius 3 is 2.30 bits per heavy atom. The molecular formula is C23H18ClN3O5S. The van der Waals surface area contributed by atoms with Gasteiger partial charge in [-0.3, -0.25) is 4.79 Å². The van der Waals surface area contributed by atoms with Crippen molar-refractivity contribution >= 4 is 39.2 Å². The highest BCUT2D eigenvalue weighted by molar-refractivity contribution is 7.89. The van der Waals surface area contributed by atoms with Crippen LogP contribution in [0.5, 0.6) is 0 Å². The molecule has 0 radical (unpaired) electrons. The van der Waals surface area contributed by atoms with Gasteiger partial charge < -0.3 is 16.6 Å². The molecule has 0 saturated carbocycles. The lowest BCUT2D eigenvalue weighted by Crippen LogP contribution is -2.24. The number of halogens is 1. The Bertz CT molecular complexity index is 1440. The SMILES string of the molecule is NC(=O)c1c(N)c(-c2ccccc2)cc(C#CCc2cccc(C(=O)O)c2Cl)c1S(N)(=O)=O. The van der Waals surface area contributed by atoms with Gasteiger partial charge in [0.25, 0.3) is 5.91 Å². The average molecular weight is 484 g/mol. The summed E-state index contributed by atoms with van der Waals surface area (Å²) in [6.07, 6.45) is 0.000956. The monoisotopic (exact) mass is 483 g/mol. The smallest absolute Gasteiger partial charge is 0.337 e. The molecule has 0 aromatic heterocycles. The quantitative estimate of drug-likeness (QED) is 0.321. The van der Waals surface area contributed by atoms with E-state index in [-0.39, 0.29) is 28.3 Å². The summed E-state index contributed by atoms with van der Waals surface area (Å²) in [7, 11) is -4.44. The van der Waals surface area contributed by atoms with Crippen molar-refractivity contribution in [2.75, 3.05) is 5.73 Å². The fourth-order valence-electron chi connectivity index (χ4n) is 3.28. The van der Waals surface area contributed by atoms with Crippen molar-refractivity contribution in [3.05, 3.63) is 81.9 Å². The molecule has 1 amide bonds. The van der Waals surface area contributed by atoms with Crippen LogP contribution in [0.15, 0.2) is 59.5 Å². The second-order valence-corrected chi connectivity index (χ2v) is 8.80. The minimum atomic E-state index is -4.44. The van der Waals surface area contributed by atoms with Gasteiger partial charge in [-0.15, -0.1) is 0 Å². The van der Waals surface area contributed by atoms with Gasteiger partial charge in [0.15, 0.2) is 0 Å². The number of hydrogen-bond acceptors (Lipinski definition) is 5. The molecule has 3 aromatic carbocycles. The summed E-state index contributed by atoms with van der Waals surface area (Å²) in [5.74, 6) is 3.19. The van der Waals surface area contributed by atoms with Gasteiger partial charge in [-0.05, 0) is 23.3 Å². The molecule has 7 N–H and O–H groups in total. The van der Waals surface area contributed by atoms with E-state index in [9.17, 15) is 23.1 Å². The molecule has 0 aliphatic carbocycles. The molecule has 0 spiro atoms. The van der Waals surface area contributed by atoms with Gasteiger partial charge in [0.05, 0.1) is 21.8 Å². The molecule has 33 heavy (non-hydrogen) atoms. The van der Waals surface area contributed by atoms with Crippen LogP contribution < -0.4 is 16.6 Å². The van der Waals surface area contributed by atoms with E-state index >= 15 is 0 Å². The normalized spacial score (nSPS) is 10.8. The molecule has 168 valence electrons. The molecule has 0 aliphatic rings. The van der Waals surface area contributed by atoms with Crippen LogP contribution in [0.25, 0.3) is 11.1 Å². The highest BCUT2D eigenvalue weighted by atomic mass is 35.5. The van der Waals surface area contributed by atoms with Gasteiger partial charge in [-0.2, -0.15) is 0 Å². The minimum absolute atomic E-state index is 0.000956. The number of carbonyl (C=O) groups excluding carboxylic acids is 1. The van der Waals surface area contributed by atoms with Crippen molar-refractivity contribution in [2.45, 2.75) is 11.3 Å². The maximum Gasteiger partial charge on any atom is 0.337 e. The van der Waals surface area contributed by atoms with Gasteiger partial charge in [-0.25, -0.2) is 18.4 Å². The van der Waals surface area contributed by atoms with Crippen LogP contribution >= 0.6 is 11.6 Å². The molecule has 3 aromatic rings. The third kappa shape index (κ3) is 4.99. The number of primary sulfonamides is 1. The van der Waals surface area contributed by atoms with Crippen molar-refractivity contribution in [1.82, 2.24) is 0 Å². The zero-order valence-electron chi connectivity index (χ0n) is 17.0. The van der Waals surface area contributed by atoms with Gasteiger partial charge in [0, 0.05) is 17.5 Å². The Balaban J connectivity index is 2.22. The van der Waals surface area contributed by atoms with Gasteiger partial charge >= 0.3 is 5.97 Å². The lowest BCUT2D eigenvalue weighted by molar-refractivity contribution is 0.0696. The number of carbonyl (C=O) groups is 2. The fraction of sp³-hybridized carbons (Fsp3) is 0.0435. The summed E-state index contributed by atoms with van der Waals surface area (Å²) >= 11 is 6.14. The summed E-state index contributed by atoms with van der Waals surface area (Å²) in [5.41, 5.74) is 12.2. The van der Waals surface area contributed by atoms with Crippen molar-refractivity contribution < 1.29 is 23.1 Å². The molecule has 8 nitrogen and oxygen atoms in total. The zero-order valence-corrected chi connectivity index (χ0v) is 18.6. The number of rotatable bonds is 5. The molecule has 0 unspecified atom stereocenters. The van der Waals surface area contributed by atoms with Crippen LogP contribution in [0.3, 0.4) is 0 Å². The number of carboxylic acid groups (broad SMARTS) is 1. The number of amides is 1. The molecule has 3 rings (SSSR count). The third-order valence-corrected chi connectivity index (χ3v) is 6.19. The number of sulfonamides is 1. The minimum Gasteiger partial charge on any atom is -0.478 e. The first-order chi connectivity index (χ1) is 15.5. The Kier molecular flexibility index (Phi) is 6.74. The second-order valence-electron chi connectivity index (χ2n) is 6.93. The van der Waals surface area contributed by atoms with E-state index in [2.05, 4.69) is 11.8 Å². The van der Waals surface area contributed by atoms with E-state index in [0.717, 1.165) is 0 Å². The first-order valence-electron chi connectivity index (χ1n) is 9.36. The molecule has 0 bridgehead atoms. The van der Waals surface area contributed by atoms with Crippen LogP contribution in [-0.2, 0) is 16.4 Å². The summed E-state index contributed by atoms with van der Waals surface area (Å²) < 4.78 is 24.7. The molecular weight excluding hydrogens is 466 g/mol. The topological polar surface area (TPSA) is 167 Å². The first-order valence-corrected chi connectivity index (χ1v) is 11.3. The number of nitrogen functional groups attached to an aromatic ring is 1. The number of anilines is 1. The Hall–Kier alpha value is -3.84. The van der Waals surface area contributed by atoms with Crippen LogP contribution in [0, 0.1) is 11.8 Å². The summed E-state index contributed by atoms with van der Waals surface area (Å²) in [4.78, 5) is 22.9. The molecule has 0 atom stereocenters. The van der Waals surface area contributed by atoms with Crippen LogP contribution in [-0.4, -0.2) is 25.4 Å². The molecule has 0 heterocycles. The fourth-order valence-corrected chi connectivity index (χ4v) is 4.47. The van der Waals surface area contributed by atoms with Crippen molar-refractivity contribution in [1.29, 1.82) is 0 Å². The van der Waals surface area contributed by atoms with E-state index in [1.165, 1.54) is 18.2 Å². The molecule has 10 heteroatoms. The number of nitrogens with two attached hydrogens (primary N) is 3. The third-order valence-electron chi connectivity index (χ3n) is 4.75. The highest BCUT2D eigenvalue weighted by Gasteiger charge is 2.27. The number of hydrogen-bond donors (Lipinski definition) is 4. The maximum atomic E-state index is 12.3. The largest absolute Gasteiger partial charge is 0.478 e. The van der Waals surface area contributed by atoms with Gasteiger partial charge in [-0.1, -0.05) is 65.9 Å². The lowest BCUT2D eigenvalue weighted by atomic mass is 9.96. The Morgan fingerprint density at radius 2 is 1.73 bits per heavy atom. The van der Waals surface area contributed by atoms with Crippen LogP contribution in [0.1, 0.15) is 31.8 Å². The van der Waals surface area contributed by atoms with E-state index in [1.807, 2.05) is 0 Å². The Morgan fingerprint density at radius 1 is 1.06 bits per heavy atom. The standard InChI is InChI=1S/C23H18ClN3O5S/c24-19-14(9-5-11-16(19)23(29)30)8-4-10-15-12-17(13-6-2-1-3-7-13)20(25)18(22(26)28)21(15)33(27,31)32/h1-3,5-7,9,11-12H,8,25H2,(H2,26,28)(H,29,30)(H2,27,31,32). The predicted molar refractivity (Wildman–Crippen MR) is 125 cm³/mol. The van der Waals surface area contributed by atoms with Crippen LogP contribution in [0.2, 0.25) is 5.02 Å². The highest BCUT2D eigenvalue weighted by Crippen LogP contribution is 2.35. The van der Waals surface area contributed by atoms with E-state index in [0.29, 0.717) is 16.7 Å². The summed E-state index contributed by atoms with van der Waals surface area (Å²) in [5, 5.41) is 14.6. The van der Waals surface area contributed by atoms with E-state index in [1.54, 1.807) is 36.4 Å². The number of aromatic carboxylic acids is 1. The summed E-state index contributed by atoms with van der Waals surface area (Å²) in [6.45, 7) is 0. The number of primary amides is 1. The molecule has 0 aliphatic heterocycles. The van der Waals surface area contributed by atoms with E-state index < -0.39 is 32.4 Å². The zero-order chi connectivity index (χ0) is 24.3. The lowest BCUT2D eigenvalue weighted by Gasteiger charge is -2.15. The second kappa shape index (κ2) is 9.34.